The maximum Gasteiger partial charge on any atom is 0.125 e. The van der Waals surface area contributed by atoms with Crippen LogP contribution in [0.2, 0.25) is 5.02 Å². The Bertz CT molecular complexity index is 528. The lowest BCUT2D eigenvalue weighted by Gasteiger charge is -2.21. The first-order valence-corrected chi connectivity index (χ1v) is 6.75. The number of hydrogen-bond acceptors (Lipinski definition) is 2. The lowest BCUT2D eigenvalue weighted by molar-refractivity contribution is 0.404. The monoisotopic (exact) mass is 275 g/mol. The van der Waals surface area contributed by atoms with E-state index < -0.39 is 0 Å². The van der Waals surface area contributed by atoms with Gasteiger partial charge in [0.15, 0.2) is 0 Å². The van der Waals surface area contributed by atoms with Gasteiger partial charge in [-0.05, 0) is 24.2 Å². The van der Waals surface area contributed by atoms with Gasteiger partial charge in [0.25, 0.3) is 0 Å². The minimum absolute atomic E-state index is 0.110. The molecule has 0 amide bonds. The maximum atomic E-state index is 6.02. The standard InChI is InChI=1S/C16H18ClNO/c1-3-18-16(12-7-5-4-6-8-12)14-10-9-13(17)11-15(14)19-2/h4-11,16,18H,3H2,1-2H3. The van der Waals surface area contributed by atoms with Gasteiger partial charge in [-0.3, -0.25) is 0 Å². The van der Waals surface area contributed by atoms with Gasteiger partial charge in [0, 0.05) is 10.6 Å². The molecule has 0 saturated heterocycles. The molecule has 1 unspecified atom stereocenters. The fourth-order valence-corrected chi connectivity index (χ4v) is 2.34. The first kappa shape index (κ1) is 13.9. The number of nitrogens with one attached hydrogen (secondary N) is 1. The van der Waals surface area contributed by atoms with Crippen LogP contribution >= 0.6 is 11.6 Å². The molecule has 0 aliphatic carbocycles. The third-order valence-corrected chi connectivity index (χ3v) is 3.28. The van der Waals surface area contributed by atoms with E-state index in [-0.39, 0.29) is 6.04 Å². The summed E-state index contributed by atoms with van der Waals surface area (Å²) in [6.45, 7) is 2.98. The number of benzene rings is 2. The first-order chi connectivity index (χ1) is 9.26. The molecular weight excluding hydrogens is 258 g/mol. The van der Waals surface area contributed by atoms with Crippen LogP contribution < -0.4 is 10.1 Å². The molecular formula is C16H18ClNO. The third-order valence-electron chi connectivity index (χ3n) is 3.05. The second-order valence-electron chi connectivity index (χ2n) is 4.29. The lowest BCUT2D eigenvalue weighted by atomic mass is 9.98. The second-order valence-corrected chi connectivity index (χ2v) is 4.72. The molecule has 0 aliphatic rings. The number of methoxy groups -OCH3 is 1. The van der Waals surface area contributed by atoms with Crippen LogP contribution in [0.4, 0.5) is 0 Å². The van der Waals surface area contributed by atoms with Gasteiger partial charge >= 0.3 is 0 Å². The maximum absolute atomic E-state index is 6.02. The zero-order valence-electron chi connectivity index (χ0n) is 11.2. The average molecular weight is 276 g/mol. The van der Waals surface area contributed by atoms with Crippen LogP contribution in [0, 0.1) is 0 Å². The van der Waals surface area contributed by atoms with Crippen LogP contribution in [0.1, 0.15) is 24.1 Å². The first-order valence-electron chi connectivity index (χ1n) is 6.38. The highest BCUT2D eigenvalue weighted by atomic mass is 35.5. The van der Waals surface area contributed by atoms with Crippen molar-refractivity contribution in [3.8, 4) is 5.75 Å². The summed E-state index contributed by atoms with van der Waals surface area (Å²) >= 11 is 6.02. The Morgan fingerprint density at radius 1 is 1.16 bits per heavy atom. The van der Waals surface area contributed by atoms with E-state index in [1.807, 2.05) is 36.4 Å². The number of halogens is 1. The second kappa shape index (κ2) is 6.60. The Balaban J connectivity index is 2.45. The molecule has 2 aromatic carbocycles. The van der Waals surface area contributed by atoms with E-state index in [1.54, 1.807) is 7.11 Å². The summed E-state index contributed by atoms with van der Waals surface area (Å²) in [5.74, 6) is 0.808. The van der Waals surface area contributed by atoms with Crippen molar-refractivity contribution < 1.29 is 4.74 Å². The van der Waals surface area contributed by atoms with Gasteiger partial charge in [-0.2, -0.15) is 0 Å². The van der Waals surface area contributed by atoms with Crippen molar-refractivity contribution in [1.29, 1.82) is 0 Å². The Morgan fingerprint density at radius 3 is 2.53 bits per heavy atom. The molecule has 2 aromatic rings. The fourth-order valence-electron chi connectivity index (χ4n) is 2.18. The quantitative estimate of drug-likeness (QED) is 0.889. The Morgan fingerprint density at radius 2 is 1.89 bits per heavy atom. The fraction of sp³-hybridized carbons (Fsp3) is 0.250. The Labute approximate surface area is 119 Å². The summed E-state index contributed by atoms with van der Waals surface area (Å²) in [6, 6.07) is 16.2. The van der Waals surface area contributed by atoms with Crippen molar-refractivity contribution in [3.63, 3.8) is 0 Å². The van der Waals surface area contributed by atoms with Crippen LogP contribution in [0.15, 0.2) is 48.5 Å². The highest BCUT2D eigenvalue weighted by Crippen LogP contribution is 2.32. The van der Waals surface area contributed by atoms with Crippen LogP contribution in [0.3, 0.4) is 0 Å². The van der Waals surface area contributed by atoms with Gasteiger partial charge in [0.05, 0.1) is 13.2 Å². The summed E-state index contributed by atoms with van der Waals surface area (Å²) in [5, 5.41) is 4.17. The SMILES string of the molecule is CCNC(c1ccccc1)c1ccc(Cl)cc1OC. The molecule has 0 bridgehead atoms. The molecule has 100 valence electrons. The van der Waals surface area contributed by atoms with E-state index in [1.165, 1.54) is 5.56 Å². The molecule has 19 heavy (non-hydrogen) atoms. The van der Waals surface area contributed by atoms with Gasteiger partial charge in [0.2, 0.25) is 0 Å². The van der Waals surface area contributed by atoms with E-state index in [4.69, 9.17) is 16.3 Å². The average Bonchev–Trinajstić information content (AvgIpc) is 2.46. The normalized spacial score (nSPS) is 12.2. The van der Waals surface area contributed by atoms with E-state index >= 15 is 0 Å². The van der Waals surface area contributed by atoms with Crippen molar-refractivity contribution in [3.05, 3.63) is 64.7 Å². The molecule has 1 atom stereocenters. The van der Waals surface area contributed by atoms with Gasteiger partial charge in [0.1, 0.15) is 5.75 Å². The zero-order valence-corrected chi connectivity index (χ0v) is 11.9. The van der Waals surface area contributed by atoms with Crippen molar-refractivity contribution >= 4 is 11.6 Å². The smallest absolute Gasteiger partial charge is 0.125 e. The van der Waals surface area contributed by atoms with Crippen LogP contribution in [0.25, 0.3) is 0 Å². The molecule has 0 fully saturated rings. The predicted molar refractivity (Wildman–Crippen MR) is 80.0 cm³/mol. The number of hydrogen-bond donors (Lipinski definition) is 1. The van der Waals surface area contributed by atoms with E-state index in [9.17, 15) is 0 Å². The summed E-state index contributed by atoms with van der Waals surface area (Å²) in [6.07, 6.45) is 0. The molecule has 0 radical (unpaired) electrons. The van der Waals surface area contributed by atoms with Crippen molar-refractivity contribution in [2.75, 3.05) is 13.7 Å². The predicted octanol–water partition coefficient (Wildman–Crippen LogP) is 4.05. The van der Waals surface area contributed by atoms with E-state index in [2.05, 4.69) is 24.4 Å². The van der Waals surface area contributed by atoms with Gasteiger partial charge in [-0.1, -0.05) is 54.9 Å². The zero-order chi connectivity index (χ0) is 13.7. The molecule has 2 nitrogen and oxygen atoms in total. The Kier molecular flexibility index (Phi) is 4.83. The van der Waals surface area contributed by atoms with Crippen molar-refractivity contribution in [2.24, 2.45) is 0 Å². The molecule has 0 aliphatic heterocycles. The highest BCUT2D eigenvalue weighted by Gasteiger charge is 2.17. The topological polar surface area (TPSA) is 21.3 Å². The van der Waals surface area contributed by atoms with Crippen LogP contribution in [0.5, 0.6) is 5.75 Å². The van der Waals surface area contributed by atoms with Crippen molar-refractivity contribution in [2.45, 2.75) is 13.0 Å². The van der Waals surface area contributed by atoms with Gasteiger partial charge in [-0.15, -0.1) is 0 Å². The molecule has 0 saturated carbocycles. The van der Waals surface area contributed by atoms with E-state index in [0.29, 0.717) is 5.02 Å². The lowest BCUT2D eigenvalue weighted by Crippen LogP contribution is -2.22. The molecule has 0 heterocycles. The molecule has 0 aromatic heterocycles. The minimum atomic E-state index is 0.110. The number of rotatable bonds is 5. The molecule has 3 heteroatoms. The molecule has 0 spiro atoms. The number of ether oxygens (including phenoxy) is 1. The van der Waals surface area contributed by atoms with Gasteiger partial charge in [-0.25, -0.2) is 0 Å². The van der Waals surface area contributed by atoms with Gasteiger partial charge < -0.3 is 10.1 Å². The largest absolute Gasteiger partial charge is 0.496 e. The van der Waals surface area contributed by atoms with Crippen LogP contribution in [-0.4, -0.2) is 13.7 Å². The Hall–Kier alpha value is -1.51. The van der Waals surface area contributed by atoms with E-state index in [0.717, 1.165) is 17.9 Å². The molecule has 1 N–H and O–H groups in total. The van der Waals surface area contributed by atoms with Crippen molar-refractivity contribution in [1.82, 2.24) is 5.32 Å². The molecule has 2 rings (SSSR count). The third kappa shape index (κ3) is 3.28. The van der Waals surface area contributed by atoms with Crippen LogP contribution in [-0.2, 0) is 0 Å². The summed E-state index contributed by atoms with van der Waals surface area (Å²) in [5.41, 5.74) is 2.31. The summed E-state index contributed by atoms with van der Waals surface area (Å²) in [4.78, 5) is 0. The summed E-state index contributed by atoms with van der Waals surface area (Å²) in [7, 11) is 1.67. The minimum Gasteiger partial charge on any atom is -0.496 e. The summed E-state index contributed by atoms with van der Waals surface area (Å²) < 4.78 is 5.45. The highest BCUT2D eigenvalue weighted by molar-refractivity contribution is 6.30.